The molecule has 0 saturated carbocycles. The molecular formula is C12H10BrF3N4O. The maximum Gasteiger partial charge on any atom is 0.417 e. The van der Waals surface area contributed by atoms with Gasteiger partial charge in [0.15, 0.2) is 0 Å². The van der Waals surface area contributed by atoms with Gasteiger partial charge in [0, 0.05) is 17.2 Å². The maximum atomic E-state index is 12.8. The molecule has 0 radical (unpaired) electrons. The lowest BCUT2D eigenvalue weighted by Crippen LogP contribution is -2.15. The van der Waals surface area contributed by atoms with Gasteiger partial charge in [-0.15, -0.1) is 0 Å². The summed E-state index contributed by atoms with van der Waals surface area (Å²) >= 11 is 2.83. The third kappa shape index (κ3) is 3.18. The van der Waals surface area contributed by atoms with Crippen molar-refractivity contribution in [2.45, 2.75) is 6.18 Å². The Hall–Kier alpha value is -2.03. The summed E-state index contributed by atoms with van der Waals surface area (Å²) in [7, 11) is 1.55. The van der Waals surface area contributed by atoms with Crippen molar-refractivity contribution in [3.05, 3.63) is 40.0 Å². The van der Waals surface area contributed by atoms with E-state index >= 15 is 0 Å². The van der Waals surface area contributed by atoms with E-state index in [0.29, 0.717) is 0 Å². The van der Waals surface area contributed by atoms with Crippen molar-refractivity contribution >= 4 is 33.3 Å². The van der Waals surface area contributed by atoms with Crippen molar-refractivity contribution < 1.29 is 18.0 Å². The Morgan fingerprint density at radius 3 is 2.62 bits per heavy atom. The monoisotopic (exact) mass is 362 g/mol. The van der Waals surface area contributed by atoms with Crippen LogP contribution in [-0.4, -0.2) is 15.7 Å². The summed E-state index contributed by atoms with van der Waals surface area (Å²) in [6.45, 7) is 0. The molecule has 0 fully saturated rings. The second-order valence-electron chi connectivity index (χ2n) is 4.21. The second kappa shape index (κ2) is 5.40. The Balaban J connectivity index is 2.28. The summed E-state index contributed by atoms with van der Waals surface area (Å²) in [6.07, 6.45) is -3.28. The first-order valence-electron chi connectivity index (χ1n) is 5.65. The quantitative estimate of drug-likeness (QED) is 0.862. The van der Waals surface area contributed by atoms with E-state index in [1.807, 2.05) is 0 Å². The zero-order valence-corrected chi connectivity index (χ0v) is 12.3. The molecule has 0 aliphatic carbocycles. The van der Waals surface area contributed by atoms with Crippen LogP contribution >= 0.6 is 15.9 Å². The number of nitrogen functional groups attached to an aromatic ring is 1. The molecule has 0 saturated heterocycles. The number of aromatic nitrogens is 2. The highest BCUT2D eigenvalue weighted by atomic mass is 79.9. The van der Waals surface area contributed by atoms with Gasteiger partial charge in [-0.25, -0.2) is 0 Å². The number of nitrogens with one attached hydrogen (secondary N) is 1. The summed E-state index contributed by atoms with van der Waals surface area (Å²) in [5.74, 6) is -0.503. The number of carbonyl (C=O) groups is 1. The van der Waals surface area contributed by atoms with Crippen LogP contribution in [0.5, 0.6) is 0 Å². The lowest BCUT2D eigenvalue weighted by Gasteiger charge is -2.11. The van der Waals surface area contributed by atoms with Gasteiger partial charge in [-0.05, 0) is 18.2 Å². The minimum absolute atomic E-state index is 0.0128. The molecule has 1 amide bonds. The summed E-state index contributed by atoms with van der Waals surface area (Å²) < 4.78 is 39.5. The van der Waals surface area contributed by atoms with Gasteiger partial charge in [-0.1, -0.05) is 15.9 Å². The van der Waals surface area contributed by atoms with Gasteiger partial charge in [0.2, 0.25) is 0 Å². The third-order valence-electron chi connectivity index (χ3n) is 2.76. The first-order valence-corrected chi connectivity index (χ1v) is 6.45. The number of benzene rings is 1. The summed E-state index contributed by atoms with van der Waals surface area (Å²) in [6, 6.07) is 3.41. The fraction of sp³-hybridized carbons (Fsp3) is 0.167. The minimum Gasteiger partial charge on any atom is -0.383 e. The zero-order valence-electron chi connectivity index (χ0n) is 10.7. The molecule has 2 rings (SSSR count). The van der Waals surface area contributed by atoms with Crippen LogP contribution in [0.15, 0.2) is 28.9 Å². The largest absolute Gasteiger partial charge is 0.417 e. The van der Waals surface area contributed by atoms with Crippen LogP contribution in [0.2, 0.25) is 0 Å². The van der Waals surface area contributed by atoms with Crippen molar-refractivity contribution in [3.63, 3.8) is 0 Å². The van der Waals surface area contributed by atoms with E-state index in [-0.39, 0.29) is 21.5 Å². The van der Waals surface area contributed by atoms with E-state index in [1.54, 1.807) is 7.05 Å². The van der Waals surface area contributed by atoms with E-state index in [0.717, 1.165) is 6.07 Å². The first-order chi connectivity index (χ1) is 9.70. The number of rotatable bonds is 2. The minimum atomic E-state index is -4.52. The number of alkyl halides is 3. The molecule has 9 heteroatoms. The molecule has 0 aliphatic rings. The molecule has 112 valence electrons. The SMILES string of the molecule is Cn1ncc(C(=O)Nc2ccc(Br)c(C(F)(F)F)c2)c1N. The smallest absolute Gasteiger partial charge is 0.383 e. The molecule has 0 atom stereocenters. The molecule has 3 N–H and O–H groups in total. The standard InChI is InChI=1S/C12H10BrF3N4O/c1-20-10(17)7(5-18-20)11(21)19-6-2-3-9(13)8(4-6)12(14,15)16/h2-5H,17H2,1H3,(H,19,21). The number of hydrogen-bond acceptors (Lipinski definition) is 3. The molecular weight excluding hydrogens is 353 g/mol. The molecule has 2 aromatic rings. The average molecular weight is 363 g/mol. The number of hydrogen-bond donors (Lipinski definition) is 2. The van der Waals surface area contributed by atoms with Crippen LogP contribution in [0.25, 0.3) is 0 Å². The Labute approximate surface area is 126 Å². The van der Waals surface area contributed by atoms with Crippen LogP contribution in [-0.2, 0) is 13.2 Å². The van der Waals surface area contributed by atoms with E-state index in [9.17, 15) is 18.0 Å². The van der Waals surface area contributed by atoms with Crippen LogP contribution in [0.3, 0.4) is 0 Å². The summed E-state index contributed by atoms with van der Waals surface area (Å²) in [5.41, 5.74) is 4.86. The normalized spacial score (nSPS) is 11.5. The third-order valence-corrected chi connectivity index (χ3v) is 3.45. The molecule has 1 aromatic heterocycles. The Morgan fingerprint density at radius 2 is 2.10 bits per heavy atom. The highest BCUT2D eigenvalue weighted by Gasteiger charge is 2.33. The molecule has 0 spiro atoms. The van der Waals surface area contributed by atoms with Crippen LogP contribution in [0, 0.1) is 0 Å². The highest BCUT2D eigenvalue weighted by molar-refractivity contribution is 9.10. The van der Waals surface area contributed by atoms with Gasteiger partial charge in [0.1, 0.15) is 11.4 Å². The van der Waals surface area contributed by atoms with Crippen molar-refractivity contribution in [1.29, 1.82) is 0 Å². The summed E-state index contributed by atoms with van der Waals surface area (Å²) in [4.78, 5) is 12.0. The predicted octanol–water partition coefficient (Wildman–Crippen LogP) is 3.04. The molecule has 0 bridgehead atoms. The van der Waals surface area contributed by atoms with Crippen molar-refractivity contribution in [1.82, 2.24) is 9.78 Å². The van der Waals surface area contributed by atoms with Crippen LogP contribution in [0.1, 0.15) is 15.9 Å². The molecule has 0 unspecified atom stereocenters. The second-order valence-corrected chi connectivity index (χ2v) is 5.07. The van der Waals surface area contributed by atoms with Crippen molar-refractivity contribution in [2.75, 3.05) is 11.1 Å². The van der Waals surface area contributed by atoms with Gasteiger partial charge in [-0.3, -0.25) is 9.48 Å². The Kier molecular flexibility index (Phi) is 3.95. The zero-order chi connectivity index (χ0) is 15.8. The summed E-state index contributed by atoms with van der Waals surface area (Å²) in [5, 5.41) is 6.15. The fourth-order valence-electron chi connectivity index (χ4n) is 1.64. The van der Waals surface area contributed by atoms with E-state index in [4.69, 9.17) is 5.73 Å². The van der Waals surface area contributed by atoms with E-state index < -0.39 is 17.6 Å². The molecule has 21 heavy (non-hydrogen) atoms. The number of amides is 1. The van der Waals surface area contributed by atoms with Gasteiger partial charge < -0.3 is 11.1 Å². The number of anilines is 2. The highest BCUT2D eigenvalue weighted by Crippen LogP contribution is 2.36. The Morgan fingerprint density at radius 1 is 1.43 bits per heavy atom. The van der Waals surface area contributed by atoms with Gasteiger partial charge >= 0.3 is 6.18 Å². The lowest BCUT2D eigenvalue weighted by atomic mass is 10.2. The van der Waals surface area contributed by atoms with Crippen molar-refractivity contribution in [3.8, 4) is 0 Å². The molecule has 1 heterocycles. The Bertz CT molecular complexity index is 696. The average Bonchev–Trinajstić information content (AvgIpc) is 2.71. The van der Waals surface area contributed by atoms with Gasteiger partial charge in [0.05, 0.1) is 11.8 Å². The first kappa shape index (κ1) is 15.4. The molecule has 5 nitrogen and oxygen atoms in total. The van der Waals surface area contributed by atoms with Crippen LogP contribution < -0.4 is 11.1 Å². The number of aryl methyl sites for hydroxylation is 1. The van der Waals surface area contributed by atoms with Crippen LogP contribution in [0.4, 0.5) is 24.7 Å². The van der Waals surface area contributed by atoms with E-state index in [2.05, 4.69) is 26.3 Å². The number of nitrogens with two attached hydrogens (primary N) is 1. The molecule has 0 aliphatic heterocycles. The number of nitrogens with zero attached hydrogens (tertiary/aromatic N) is 2. The number of halogens is 4. The topological polar surface area (TPSA) is 72.9 Å². The number of carbonyl (C=O) groups excluding carboxylic acids is 1. The maximum absolute atomic E-state index is 12.8. The predicted molar refractivity (Wildman–Crippen MR) is 74.7 cm³/mol. The van der Waals surface area contributed by atoms with E-state index in [1.165, 1.54) is 23.0 Å². The van der Waals surface area contributed by atoms with Gasteiger partial charge in [-0.2, -0.15) is 18.3 Å². The van der Waals surface area contributed by atoms with Crippen molar-refractivity contribution in [2.24, 2.45) is 7.05 Å². The lowest BCUT2D eigenvalue weighted by molar-refractivity contribution is -0.138. The van der Waals surface area contributed by atoms with Gasteiger partial charge in [0.25, 0.3) is 5.91 Å². The fourth-order valence-corrected chi connectivity index (χ4v) is 2.11. The molecule has 1 aromatic carbocycles.